The molecule has 0 aliphatic carbocycles. The van der Waals surface area contributed by atoms with Crippen molar-refractivity contribution in [3.05, 3.63) is 64.7 Å². The van der Waals surface area contributed by atoms with E-state index in [9.17, 15) is 13.2 Å². The molecule has 0 radical (unpaired) electrons. The van der Waals surface area contributed by atoms with Gasteiger partial charge < -0.3 is 10.2 Å². The molecular weight excluding hydrogens is 434 g/mol. The van der Waals surface area contributed by atoms with Gasteiger partial charge in [0.2, 0.25) is 10.0 Å². The van der Waals surface area contributed by atoms with E-state index in [1.807, 2.05) is 44.2 Å². The number of aryl methyl sites for hydroxylation is 2. The van der Waals surface area contributed by atoms with Gasteiger partial charge in [0.15, 0.2) is 0 Å². The summed E-state index contributed by atoms with van der Waals surface area (Å²) in [5.74, 6) is 0.670. The van der Waals surface area contributed by atoms with Crippen molar-refractivity contribution in [3.8, 4) is 0 Å². The van der Waals surface area contributed by atoms with Crippen LogP contribution in [-0.2, 0) is 16.6 Å². The molecule has 2 aromatic carbocycles. The highest BCUT2D eigenvalue weighted by molar-refractivity contribution is 7.92. The van der Waals surface area contributed by atoms with E-state index in [2.05, 4.69) is 17.1 Å². The fourth-order valence-electron chi connectivity index (χ4n) is 4.58. The van der Waals surface area contributed by atoms with Gasteiger partial charge in [-0.25, -0.2) is 8.42 Å². The third kappa shape index (κ3) is 7.05. The lowest BCUT2D eigenvalue weighted by Gasteiger charge is -2.30. The van der Waals surface area contributed by atoms with Crippen LogP contribution in [0.2, 0.25) is 0 Å². The Balaban J connectivity index is 1.57. The highest BCUT2D eigenvalue weighted by Crippen LogP contribution is 2.28. The maximum Gasteiger partial charge on any atom is 0.251 e. The number of amides is 1. The lowest BCUT2D eigenvalue weighted by atomic mass is 10.0. The zero-order chi connectivity index (χ0) is 24.0. The predicted octanol–water partition coefficient (Wildman–Crippen LogP) is 4.12. The molecule has 6 nitrogen and oxygen atoms in total. The Bertz CT molecular complexity index is 1030. The van der Waals surface area contributed by atoms with E-state index in [0.29, 0.717) is 17.8 Å². The number of para-hydroxylation sites is 1. The highest BCUT2D eigenvalue weighted by atomic mass is 32.2. The topological polar surface area (TPSA) is 69.7 Å². The fourth-order valence-corrected chi connectivity index (χ4v) is 5.59. The molecule has 3 rings (SSSR count). The summed E-state index contributed by atoms with van der Waals surface area (Å²) in [5.41, 5.74) is 3.96. The van der Waals surface area contributed by atoms with Gasteiger partial charge in [-0.1, -0.05) is 37.3 Å². The molecule has 0 saturated carbocycles. The minimum Gasteiger partial charge on any atom is -0.352 e. The van der Waals surface area contributed by atoms with Crippen molar-refractivity contribution >= 4 is 21.6 Å². The van der Waals surface area contributed by atoms with Crippen molar-refractivity contribution in [1.82, 2.24) is 10.2 Å². The summed E-state index contributed by atoms with van der Waals surface area (Å²) in [6, 6.07) is 12.9. The summed E-state index contributed by atoms with van der Waals surface area (Å²) in [4.78, 5) is 15.0. The second-order valence-electron chi connectivity index (χ2n) is 9.36. The summed E-state index contributed by atoms with van der Waals surface area (Å²) in [6.45, 7) is 10.3. The van der Waals surface area contributed by atoms with Crippen LogP contribution in [0.1, 0.15) is 53.2 Å². The number of anilines is 1. The van der Waals surface area contributed by atoms with Gasteiger partial charge in [-0.15, -0.1) is 0 Å². The molecular formula is C26H37N3O3S. The standard InChI is InChI=1S/C26H37N3O3S/c1-20-8-6-16-28(18-20)17-7-15-27-26(30)24-13-11-23(12-14-24)19-29(33(4,31)32)25-21(2)9-5-10-22(25)3/h5,9-14,20H,6-8,15-19H2,1-4H3,(H,27,30)/t20-/m0/s1. The van der Waals surface area contributed by atoms with Crippen LogP contribution in [0.3, 0.4) is 0 Å². The number of hydrogen-bond donors (Lipinski definition) is 1. The summed E-state index contributed by atoms with van der Waals surface area (Å²) in [6.07, 6.45) is 4.75. The number of nitrogens with one attached hydrogen (secondary N) is 1. The van der Waals surface area contributed by atoms with Crippen LogP contribution in [0.5, 0.6) is 0 Å². The Morgan fingerprint density at radius 3 is 2.39 bits per heavy atom. The van der Waals surface area contributed by atoms with Gasteiger partial charge in [-0.2, -0.15) is 0 Å². The number of hydrogen-bond acceptors (Lipinski definition) is 4. The Hall–Kier alpha value is -2.38. The van der Waals surface area contributed by atoms with E-state index in [4.69, 9.17) is 0 Å². The Labute approximate surface area is 199 Å². The first kappa shape index (κ1) is 25.2. The molecule has 1 fully saturated rings. The zero-order valence-electron chi connectivity index (χ0n) is 20.3. The Morgan fingerprint density at radius 2 is 1.79 bits per heavy atom. The van der Waals surface area contributed by atoms with Crippen LogP contribution < -0.4 is 9.62 Å². The first-order chi connectivity index (χ1) is 15.6. The predicted molar refractivity (Wildman–Crippen MR) is 135 cm³/mol. The molecule has 0 bridgehead atoms. The average Bonchev–Trinajstić information content (AvgIpc) is 2.75. The van der Waals surface area contributed by atoms with E-state index in [1.165, 1.54) is 23.4 Å². The number of carbonyl (C=O) groups is 1. The first-order valence-corrected chi connectivity index (χ1v) is 13.6. The van der Waals surface area contributed by atoms with Gasteiger partial charge in [0, 0.05) is 18.7 Å². The number of benzene rings is 2. The molecule has 1 aliphatic heterocycles. The molecule has 1 amide bonds. The zero-order valence-corrected chi connectivity index (χ0v) is 21.1. The third-order valence-electron chi connectivity index (χ3n) is 6.31. The second kappa shape index (κ2) is 11.2. The van der Waals surface area contributed by atoms with E-state index < -0.39 is 10.0 Å². The van der Waals surface area contributed by atoms with E-state index in [1.54, 1.807) is 12.1 Å². The number of nitrogens with zero attached hydrogens (tertiary/aromatic N) is 2. The van der Waals surface area contributed by atoms with Gasteiger partial charge in [0.25, 0.3) is 5.91 Å². The van der Waals surface area contributed by atoms with Crippen LogP contribution in [0, 0.1) is 19.8 Å². The summed E-state index contributed by atoms with van der Waals surface area (Å²) in [5, 5.41) is 3.00. The maximum atomic E-state index is 12.6. The SMILES string of the molecule is Cc1cccc(C)c1N(Cc1ccc(C(=O)NCCCN2CCC[C@H](C)C2)cc1)S(C)(=O)=O. The van der Waals surface area contributed by atoms with Crippen molar-refractivity contribution < 1.29 is 13.2 Å². The molecule has 2 aromatic rings. The number of rotatable bonds is 9. The molecule has 180 valence electrons. The van der Waals surface area contributed by atoms with Crippen molar-refractivity contribution in [3.63, 3.8) is 0 Å². The summed E-state index contributed by atoms with van der Waals surface area (Å²) >= 11 is 0. The molecule has 1 heterocycles. The minimum absolute atomic E-state index is 0.0942. The molecule has 7 heteroatoms. The second-order valence-corrected chi connectivity index (χ2v) is 11.3. The van der Waals surface area contributed by atoms with Crippen LogP contribution in [0.25, 0.3) is 0 Å². The first-order valence-electron chi connectivity index (χ1n) is 11.8. The molecule has 1 N–H and O–H groups in total. The van der Waals surface area contributed by atoms with Crippen molar-refractivity contribution in [1.29, 1.82) is 0 Å². The Kier molecular flexibility index (Phi) is 8.54. The number of carbonyl (C=O) groups excluding carboxylic acids is 1. The van der Waals surface area contributed by atoms with Gasteiger partial charge >= 0.3 is 0 Å². The van der Waals surface area contributed by atoms with Crippen molar-refractivity contribution in [2.45, 2.75) is 46.6 Å². The molecule has 0 aromatic heterocycles. The molecule has 1 aliphatic rings. The molecule has 33 heavy (non-hydrogen) atoms. The number of likely N-dealkylation sites (tertiary alicyclic amines) is 1. The van der Waals surface area contributed by atoms with Gasteiger partial charge in [-0.3, -0.25) is 9.10 Å². The molecule has 1 atom stereocenters. The fraction of sp³-hybridized carbons (Fsp3) is 0.500. The summed E-state index contributed by atoms with van der Waals surface area (Å²) < 4.78 is 26.5. The normalized spacial score (nSPS) is 17.0. The number of sulfonamides is 1. The minimum atomic E-state index is -3.47. The van der Waals surface area contributed by atoms with Crippen molar-refractivity contribution in [2.24, 2.45) is 5.92 Å². The monoisotopic (exact) mass is 471 g/mol. The van der Waals surface area contributed by atoms with Crippen LogP contribution in [-0.4, -0.2) is 51.7 Å². The van der Waals surface area contributed by atoms with Gasteiger partial charge in [0.05, 0.1) is 18.5 Å². The molecule has 1 saturated heterocycles. The lowest BCUT2D eigenvalue weighted by Crippen LogP contribution is -2.36. The number of piperidine rings is 1. The maximum absolute atomic E-state index is 12.6. The largest absolute Gasteiger partial charge is 0.352 e. The average molecular weight is 472 g/mol. The van der Waals surface area contributed by atoms with Crippen molar-refractivity contribution in [2.75, 3.05) is 36.7 Å². The summed E-state index contributed by atoms with van der Waals surface area (Å²) in [7, 11) is -3.47. The van der Waals surface area contributed by atoms with Crippen LogP contribution >= 0.6 is 0 Å². The molecule has 0 unspecified atom stereocenters. The van der Waals surface area contributed by atoms with Gasteiger partial charge in [0.1, 0.15) is 0 Å². The van der Waals surface area contributed by atoms with E-state index in [0.717, 1.165) is 48.7 Å². The van der Waals surface area contributed by atoms with Gasteiger partial charge in [-0.05, 0) is 80.9 Å². The third-order valence-corrected chi connectivity index (χ3v) is 7.42. The van der Waals surface area contributed by atoms with Crippen LogP contribution in [0.15, 0.2) is 42.5 Å². The Morgan fingerprint density at radius 1 is 1.12 bits per heavy atom. The van der Waals surface area contributed by atoms with Crippen LogP contribution in [0.4, 0.5) is 5.69 Å². The highest BCUT2D eigenvalue weighted by Gasteiger charge is 2.21. The smallest absolute Gasteiger partial charge is 0.251 e. The van der Waals surface area contributed by atoms with E-state index >= 15 is 0 Å². The van der Waals surface area contributed by atoms with E-state index in [-0.39, 0.29) is 12.5 Å². The quantitative estimate of drug-likeness (QED) is 0.559. The lowest BCUT2D eigenvalue weighted by molar-refractivity contribution is 0.0950. The molecule has 0 spiro atoms.